The maximum atomic E-state index is 9.71. The number of aliphatic hydroxyl groups is 1. The predicted molar refractivity (Wildman–Crippen MR) is 86.7 cm³/mol. The number of aliphatic hydroxyl groups excluding tert-OH is 1. The first kappa shape index (κ1) is 13.4. The Morgan fingerprint density at radius 3 is 2.65 bits per heavy atom. The number of anilines is 1. The Labute approximate surface area is 126 Å². The van der Waals surface area contributed by atoms with E-state index in [1.807, 2.05) is 36.4 Å². The third-order valence-corrected chi connectivity index (χ3v) is 4.58. The fourth-order valence-corrected chi connectivity index (χ4v) is 3.46. The molecule has 20 heavy (non-hydrogen) atoms. The van der Waals surface area contributed by atoms with E-state index in [0.717, 1.165) is 11.3 Å². The average molecular weight is 304 g/mol. The first-order valence-corrected chi connectivity index (χ1v) is 7.63. The maximum absolute atomic E-state index is 9.71. The Balaban J connectivity index is 1.96. The summed E-state index contributed by atoms with van der Waals surface area (Å²) in [7, 11) is 0. The standard InChI is InChI=1S/C16H14ClNOS/c17-13-6-2-3-7-14(13)18-15(9-19)12-10-20-16-8-4-1-5-11(12)16/h1-8,10,15,18-19H,9H2. The summed E-state index contributed by atoms with van der Waals surface area (Å²) in [6, 6.07) is 15.6. The van der Waals surface area contributed by atoms with Crippen molar-refractivity contribution in [3.8, 4) is 0 Å². The molecule has 0 aliphatic rings. The summed E-state index contributed by atoms with van der Waals surface area (Å²) in [4.78, 5) is 0. The summed E-state index contributed by atoms with van der Waals surface area (Å²) in [5.41, 5.74) is 1.94. The molecule has 0 bridgehead atoms. The summed E-state index contributed by atoms with van der Waals surface area (Å²) in [6.45, 7) is 0.0198. The molecule has 2 nitrogen and oxygen atoms in total. The monoisotopic (exact) mass is 303 g/mol. The van der Waals surface area contributed by atoms with Crippen LogP contribution in [0.1, 0.15) is 11.6 Å². The van der Waals surface area contributed by atoms with E-state index in [1.165, 1.54) is 10.1 Å². The molecule has 3 aromatic rings. The third-order valence-electron chi connectivity index (χ3n) is 3.27. The fourth-order valence-electron chi connectivity index (χ4n) is 2.26. The van der Waals surface area contributed by atoms with Crippen LogP contribution in [0.4, 0.5) is 5.69 Å². The van der Waals surface area contributed by atoms with Crippen molar-refractivity contribution >= 4 is 38.7 Å². The number of nitrogens with one attached hydrogen (secondary N) is 1. The first-order valence-electron chi connectivity index (χ1n) is 6.37. The van der Waals surface area contributed by atoms with Crippen LogP contribution in [-0.4, -0.2) is 11.7 Å². The molecule has 3 rings (SSSR count). The van der Waals surface area contributed by atoms with Crippen LogP contribution in [-0.2, 0) is 0 Å². The van der Waals surface area contributed by atoms with Gasteiger partial charge in [-0.15, -0.1) is 11.3 Å². The number of rotatable bonds is 4. The Hall–Kier alpha value is -1.55. The van der Waals surface area contributed by atoms with Gasteiger partial charge in [0.25, 0.3) is 0 Å². The molecule has 1 atom stereocenters. The number of benzene rings is 2. The molecule has 0 saturated carbocycles. The molecule has 0 fully saturated rings. The van der Waals surface area contributed by atoms with E-state index in [-0.39, 0.29) is 12.6 Å². The Kier molecular flexibility index (Phi) is 3.92. The quantitative estimate of drug-likeness (QED) is 0.732. The molecule has 0 amide bonds. The van der Waals surface area contributed by atoms with Gasteiger partial charge >= 0.3 is 0 Å². The SMILES string of the molecule is OCC(Nc1ccccc1Cl)c1csc2ccccc12. The molecule has 4 heteroatoms. The first-order chi connectivity index (χ1) is 9.79. The minimum atomic E-state index is -0.161. The number of thiophene rings is 1. The zero-order chi connectivity index (χ0) is 13.9. The highest BCUT2D eigenvalue weighted by Crippen LogP contribution is 2.33. The van der Waals surface area contributed by atoms with Crippen molar-refractivity contribution in [1.29, 1.82) is 0 Å². The molecule has 1 heterocycles. The molecule has 2 aromatic carbocycles. The van der Waals surface area contributed by atoms with Gasteiger partial charge in [0, 0.05) is 4.70 Å². The lowest BCUT2D eigenvalue weighted by molar-refractivity contribution is 0.277. The summed E-state index contributed by atoms with van der Waals surface area (Å²) in [6.07, 6.45) is 0. The minimum absolute atomic E-state index is 0.0198. The van der Waals surface area contributed by atoms with E-state index in [4.69, 9.17) is 11.6 Å². The van der Waals surface area contributed by atoms with Crippen molar-refractivity contribution in [3.63, 3.8) is 0 Å². The second kappa shape index (κ2) is 5.83. The normalized spacial score (nSPS) is 12.5. The van der Waals surface area contributed by atoms with Gasteiger partial charge < -0.3 is 10.4 Å². The van der Waals surface area contributed by atoms with Gasteiger partial charge in [-0.25, -0.2) is 0 Å². The smallest absolute Gasteiger partial charge is 0.0759 e. The van der Waals surface area contributed by atoms with Gasteiger partial charge in [0.15, 0.2) is 0 Å². The maximum Gasteiger partial charge on any atom is 0.0759 e. The van der Waals surface area contributed by atoms with E-state index < -0.39 is 0 Å². The van der Waals surface area contributed by atoms with Crippen LogP contribution >= 0.6 is 22.9 Å². The lowest BCUT2D eigenvalue weighted by Crippen LogP contribution is -2.14. The number of halogens is 1. The van der Waals surface area contributed by atoms with E-state index in [9.17, 15) is 5.11 Å². The van der Waals surface area contributed by atoms with Crippen molar-refractivity contribution in [3.05, 3.63) is 64.5 Å². The molecule has 0 aliphatic heterocycles. The second-order valence-corrected chi connectivity index (χ2v) is 5.86. The van der Waals surface area contributed by atoms with Crippen molar-refractivity contribution in [2.24, 2.45) is 0 Å². The molecule has 0 aliphatic carbocycles. The van der Waals surface area contributed by atoms with Crippen molar-refractivity contribution in [1.82, 2.24) is 0 Å². The molecule has 102 valence electrons. The van der Waals surface area contributed by atoms with Crippen LogP contribution in [0.15, 0.2) is 53.9 Å². The average Bonchev–Trinajstić information content (AvgIpc) is 2.90. The largest absolute Gasteiger partial charge is 0.394 e. The summed E-state index contributed by atoms with van der Waals surface area (Å²) in [5, 5.41) is 17.0. The van der Waals surface area contributed by atoms with Gasteiger partial charge in [-0.2, -0.15) is 0 Å². The van der Waals surface area contributed by atoms with Gasteiger partial charge in [-0.3, -0.25) is 0 Å². The van der Waals surface area contributed by atoms with Crippen LogP contribution in [0.25, 0.3) is 10.1 Å². The third kappa shape index (κ3) is 2.52. The highest BCUT2D eigenvalue weighted by atomic mass is 35.5. The Bertz CT molecular complexity index is 725. The summed E-state index contributed by atoms with van der Waals surface area (Å²) >= 11 is 7.85. The highest BCUT2D eigenvalue weighted by Gasteiger charge is 2.15. The lowest BCUT2D eigenvalue weighted by atomic mass is 10.1. The van der Waals surface area contributed by atoms with Crippen molar-refractivity contribution in [2.45, 2.75) is 6.04 Å². The van der Waals surface area contributed by atoms with Gasteiger partial charge in [0.2, 0.25) is 0 Å². The number of fused-ring (bicyclic) bond motifs is 1. The highest BCUT2D eigenvalue weighted by molar-refractivity contribution is 7.17. The second-order valence-electron chi connectivity index (χ2n) is 4.55. The van der Waals surface area contributed by atoms with Gasteiger partial charge in [0.1, 0.15) is 0 Å². The summed E-state index contributed by atoms with van der Waals surface area (Å²) < 4.78 is 1.22. The Morgan fingerprint density at radius 2 is 1.85 bits per heavy atom. The molecular weight excluding hydrogens is 290 g/mol. The fraction of sp³-hybridized carbons (Fsp3) is 0.125. The van der Waals surface area contributed by atoms with Gasteiger partial charge in [-0.05, 0) is 34.5 Å². The zero-order valence-corrected chi connectivity index (χ0v) is 12.3. The minimum Gasteiger partial charge on any atom is -0.394 e. The van der Waals surface area contributed by atoms with Crippen molar-refractivity contribution in [2.75, 3.05) is 11.9 Å². The topological polar surface area (TPSA) is 32.3 Å². The van der Waals surface area contributed by atoms with Crippen LogP contribution < -0.4 is 5.32 Å². The van der Waals surface area contributed by atoms with Crippen LogP contribution in [0.3, 0.4) is 0 Å². The number of hydrogen-bond donors (Lipinski definition) is 2. The summed E-state index contributed by atoms with van der Waals surface area (Å²) in [5.74, 6) is 0. The molecule has 0 spiro atoms. The van der Waals surface area contributed by atoms with Gasteiger partial charge in [-0.1, -0.05) is 41.9 Å². The lowest BCUT2D eigenvalue weighted by Gasteiger charge is -2.18. The van der Waals surface area contributed by atoms with E-state index in [2.05, 4.69) is 22.8 Å². The van der Waals surface area contributed by atoms with E-state index in [0.29, 0.717) is 5.02 Å². The van der Waals surface area contributed by atoms with E-state index >= 15 is 0 Å². The zero-order valence-electron chi connectivity index (χ0n) is 10.7. The molecule has 0 radical (unpaired) electrons. The number of hydrogen-bond acceptors (Lipinski definition) is 3. The van der Waals surface area contributed by atoms with Gasteiger partial charge in [0.05, 0.1) is 23.4 Å². The van der Waals surface area contributed by atoms with Crippen LogP contribution in [0, 0.1) is 0 Å². The Morgan fingerprint density at radius 1 is 1.10 bits per heavy atom. The predicted octanol–water partition coefficient (Wildman–Crippen LogP) is 4.70. The number of para-hydroxylation sites is 1. The van der Waals surface area contributed by atoms with Crippen LogP contribution in [0.2, 0.25) is 5.02 Å². The van der Waals surface area contributed by atoms with Crippen LogP contribution in [0.5, 0.6) is 0 Å². The molecule has 1 aromatic heterocycles. The molecule has 0 saturated heterocycles. The molecular formula is C16H14ClNOS. The van der Waals surface area contributed by atoms with E-state index in [1.54, 1.807) is 11.3 Å². The van der Waals surface area contributed by atoms with Crippen molar-refractivity contribution < 1.29 is 5.11 Å². The molecule has 2 N–H and O–H groups in total. The molecule has 1 unspecified atom stereocenters.